The monoisotopic (exact) mass is 275 g/mol. The highest BCUT2D eigenvalue weighted by Crippen LogP contribution is 2.33. The molecule has 0 aliphatic rings. The lowest BCUT2D eigenvalue weighted by Crippen LogP contribution is -2.04. The summed E-state index contributed by atoms with van der Waals surface area (Å²) in [5.41, 5.74) is 1.63. The van der Waals surface area contributed by atoms with Crippen LogP contribution in [0.15, 0.2) is 48.7 Å². The molecule has 1 heterocycles. The molecule has 4 heteroatoms. The molecule has 1 aromatic heterocycles. The number of nitrogens with one attached hydrogen (secondary N) is 1. The van der Waals surface area contributed by atoms with Crippen molar-refractivity contribution < 1.29 is 9.50 Å². The van der Waals surface area contributed by atoms with Crippen LogP contribution in [0.4, 0.5) is 4.39 Å². The summed E-state index contributed by atoms with van der Waals surface area (Å²) in [5, 5.41) is 11.5. The number of H-pyrrole nitrogens is 1. The highest BCUT2D eigenvalue weighted by atomic mass is 35.5. The van der Waals surface area contributed by atoms with Crippen LogP contribution in [-0.2, 0) is 0 Å². The fraction of sp³-hybridized carbons (Fsp3) is 0.0667. The normalized spacial score (nSPS) is 12.8. The van der Waals surface area contributed by atoms with Gasteiger partial charge in [-0.15, -0.1) is 0 Å². The van der Waals surface area contributed by atoms with Crippen molar-refractivity contribution in [2.45, 2.75) is 6.10 Å². The average Bonchev–Trinajstić information content (AvgIpc) is 2.86. The Morgan fingerprint density at radius 2 is 1.89 bits per heavy atom. The standard InChI is InChI=1S/C15H11ClFNO/c16-11-4-2-5-12(17)14(11)15(19)10-3-1-6-13-9(10)7-8-18-13/h1-8,15,18-19H. The smallest absolute Gasteiger partial charge is 0.130 e. The Kier molecular flexibility index (Phi) is 3.01. The summed E-state index contributed by atoms with van der Waals surface area (Å²) in [7, 11) is 0. The molecule has 0 spiro atoms. The molecule has 2 aromatic carbocycles. The molecule has 3 aromatic rings. The highest BCUT2D eigenvalue weighted by Gasteiger charge is 2.20. The largest absolute Gasteiger partial charge is 0.383 e. The van der Waals surface area contributed by atoms with Gasteiger partial charge in [0, 0.05) is 27.7 Å². The van der Waals surface area contributed by atoms with E-state index in [2.05, 4.69) is 4.98 Å². The number of rotatable bonds is 2. The van der Waals surface area contributed by atoms with Crippen LogP contribution in [0.25, 0.3) is 10.9 Å². The van der Waals surface area contributed by atoms with E-state index in [9.17, 15) is 9.50 Å². The molecule has 0 radical (unpaired) electrons. The van der Waals surface area contributed by atoms with Crippen LogP contribution in [0.1, 0.15) is 17.2 Å². The minimum absolute atomic E-state index is 0.109. The summed E-state index contributed by atoms with van der Waals surface area (Å²) >= 11 is 5.99. The SMILES string of the molecule is OC(c1c(F)cccc1Cl)c1cccc2[nH]ccc12. The van der Waals surface area contributed by atoms with Crippen LogP contribution in [0.3, 0.4) is 0 Å². The number of halogens is 2. The summed E-state index contributed by atoms with van der Waals surface area (Å²) in [4.78, 5) is 3.06. The molecule has 0 aliphatic carbocycles. The Morgan fingerprint density at radius 3 is 2.68 bits per heavy atom. The summed E-state index contributed by atoms with van der Waals surface area (Å²) in [6.45, 7) is 0. The summed E-state index contributed by atoms with van der Waals surface area (Å²) in [6, 6.07) is 11.7. The average molecular weight is 276 g/mol. The summed E-state index contributed by atoms with van der Waals surface area (Å²) < 4.78 is 13.9. The van der Waals surface area contributed by atoms with Gasteiger partial charge >= 0.3 is 0 Å². The number of aromatic nitrogens is 1. The Hall–Kier alpha value is -1.84. The first-order valence-electron chi connectivity index (χ1n) is 5.86. The second-order valence-electron chi connectivity index (χ2n) is 4.32. The van der Waals surface area contributed by atoms with Gasteiger partial charge in [0.2, 0.25) is 0 Å². The van der Waals surface area contributed by atoms with E-state index in [1.54, 1.807) is 18.3 Å². The number of benzene rings is 2. The zero-order valence-corrected chi connectivity index (χ0v) is 10.7. The first-order chi connectivity index (χ1) is 9.18. The minimum atomic E-state index is -1.09. The molecule has 0 bridgehead atoms. The van der Waals surface area contributed by atoms with Gasteiger partial charge in [0.1, 0.15) is 11.9 Å². The molecule has 19 heavy (non-hydrogen) atoms. The summed E-state index contributed by atoms with van der Waals surface area (Å²) in [6.07, 6.45) is 0.692. The number of hydrogen-bond donors (Lipinski definition) is 2. The quantitative estimate of drug-likeness (QED) is 0.727. The Bertz CT molecular complexity index is 718. The zero-order valence-electron chi connectivity index (χ0n) is 9.90. The number of aliphatic hydroxyl groups is 1. The van der Waals surface area contributed by atoms with Crippen molar-refractivity contribution in [2.24, 2.45) is 0 Å². The van der Waals surface area contributed by atoms with Crippen molar-refractivity contribution in [3.63, 3.8) is 0 Å². The van der Waals surface area contributed by atoms with Gasteiger partial charge in [-0.25, -0.2) is 4.39 Å². The third kappa shape index (κ3) is 2.01. The molecule has 2 nitrogen and oxygen atoms in total. The topological polar surface area (TPSA) is 36.0 Å². The molecule has 2 N–H and O–H groups in total. The first-order valence-corrected chi connectivity index (χ1v) is 6.24. The van der Waals surface area contributed by atoms with Crippen LogP contribution in [0.5, 0.6) is 0 Å². The van der Waals surface area contributed by atoms with E-state index in [4.69, 9.17) is 11.6 Å². The lowest BCUT2D eigenvalue weighted by atomic mass is 9.98. The fourth-order valence-corrected chi connectivity index (χ4v) is 2.54. The molecule has 0 fully saturated rings. The van der Waals surface area contributed by atoms with Crippen LogP contribution in [0.2, 0.25) is 5.02 Å². The van der Waals surface area contributed by atoms with Crippen LogP contribution in [-0.4, -0.2) is 10.1 Å². The lowest BCUT2D eigenvalue weighted by Gasteiger charge is -2.15. The van der Waals surface area contributed by atoms with Crippen molar-refractivity contribution in [1.29, 1.82) is 0 Å². The van der Waals surface area contributed by atoms with Gasteiger partial charge in [-0.2, -0.15) is 0 Å². The number of aromatic amines is 1. The van der Waals surface area contributed by atoms with E-state index in [1.807, 2.05) is 18.2 Å². The van der Waals surface area contributed by atoms with Crippen LogP contribution >= 0.6 is 11.6 Å². The van der Waals surface area contributed by atoms with Crippen molar-refractivity contribution in [3.8, 4) is 0 Å². The number of hydrogen-bond acceptors (Lipinski definition) is 1. The van der Waals surface area contributed by atoms with Crippen molar-refractivity contribution in [1.82, 2.24) is 4.98 Å². The van der Waals surface area contributed by atoms with Crippen LogP contribution < -0.4 is 0 Å². The van der Waals surface area contributed by atoms with Gasteiger partial charge in [-0.3, -0.25) is 0 Å². The molecule has 3 rings (SSSR count). The van der Waals surface area contributed by atoms with Crippen LogP contribution in [0, 0.1) is 5.82 Å². The van der Waals surface area contributed by atoms with Gasteiger partial charge in [-0.05, 0) is 29.8 Å². The number of fused-ring (bicyclic) bond motifs is 1. The second kappa shape index (κ2) is 4.68. The lowest BCUT2D eigenvalue weighted by molar-refractivity contribution is 0.216. The van der Waals surface area contributed by atoms with E-state index in [0.717, 1.165) is 10.9 Å². The predicted octanol–water partition coefficient (Wildman–Crippen LogP) is 4.04. The molecule has 1 atom stereocenters. The van der Waals surface area contributed by atoms with Gasteiger partial charge in [-0.1, -0.05) is 29.8 Å². The van der Waals surface area contributed by atoms with Gasteiger partial charge < -0.3 is 10.1 Å². The van der Waals surface area contributed by atoms with Gasteiger partial charge in [0.15, 0.2) is 0 Å². The molecule has 0 amide bonds. The maximum Gasteiger partial charge on any atom is 0.130 e. The summed E-state index contributed by atoms with van der Waals surface area (Å²) in [5.74, 6) is -0.507. The molecule has 0 saturated carbocycles. The van der Waals surface area contributed by atoms with Crippen molar-refractivity contribution in [2.75, 3.05) is 0 Å². The second-order valence-corrected chi connectivity index (χ2v) is 4.73. The van der Waals surface area contributed by atoms with E-state index in [-0.39, 0.29) is 10.6 Å². The predicted molar refractivity (Wildman–Crippen MR) is 73.8 cm³/mol. The Balaban J connectivity index is 2.19. The molecular formula is C15H11ClFNO. The fourth-order valence-electron chi connectivity index (χ4n) is 2.28. The van der Waals surface area contributed by atoms with Gasteiger partial charge in [0.05, 0.1) is 0 Å². The molecule has 1 unspecified atom stereocenters. The molecule has 96 valence electrons. The van der Waals surface area contributed by atoms with Gasteiger partial charge in [0.25, 0.3) is 0 Å². The first kappa shape index (κ1) is 12.2. The van der Waals surface area contributed by atoms with E-state index < -0.39 is 11.9 Å². The molecular weight excluding hydrogens is 265 g/mol. The van der Waals surface area contributed by atoms with Crippen molar-refractivity contribution in [3.05, 3.63) is 70.6 Å². The Morgan fingerprint density at radius 1 is 1.11 bits per heavy atom. The molecule has 0 aliphatic heterocycles. The minimum Gasteiger partial charge on any atom is -0.383 e. The zero-order chi connectivity index (χ0) is 13.4. The Labute approximate surface area is 114 Å². The third-order valence-electron chi connectivity index (χ3n) is 3.20. The maximum atomic E-state index is 13.9. The third-order valence-corrected chi connectivity index (χ3v) is 3.53. The van der Waals surface area contributed by atoms with Crippen molar-refractivity contribution >= 4 is 22.5 Å². The molecule has 0 saturated heterocycles. The number of aliphatic hydroxyl groups excluding tert-OH is 1. The van der Waals surface area contributed by atoms with E-state index in [0.29, 0.717) is 5.56 Å². The van der Waals surface area contributed by atoms with E-state index >= 15 is 0 Å². The van der Waals surface area contributed by atoms with E-state index in [1.165, 1.54) is 12.1 Å². The maximum absolute atomic E-state index is 13.9. The highest BCUT2D eigenvalue weighted by molar-refractivity contribution is 6.31.